The SMILES string of the molecule is CSc1nc2ncc3c(=O)n(Cc4ccco4)ccc3n2n1. The topological polar surface area (TPSA) is 78.2 Å². The lowest BCUT2D eigenvalue weighted by Crippen LogP contribution is -2.20. The van der Waals surface area contributed by atoms with Crippen LogP contribution in [0.4, 0.5) is 0 Å². The highest BCUT2D eigenvalue weighted by molar-refractivity contribution is 7.98. The standard InChI is InChI=1S/C14H11N5O2S/c1-22-14-16-13-15-7-10-11(19(13)17-14)4-5-18(12(10)20)8-9-3-2-6-21-9/h2-7H,8H2,1H3. The molecule has 0 radical (unpaired) electrons. The fourth-order valence-corrected chi connectivity index (χ4v) is 2.66. The number of thioether (sulfide) groups is 1. The fraction of sp³-hybridized carbons (Fsp3) is 0.143. The summed E-state index contributed by atoms with van der Waals surface area (Å²) >= 11 is 1.43. The lowest BCUT2D eigenvalue weighted by Gasteiger charge is -2.05. The first-order valence-corrected chi connectivity index (χ1v) is 7.80. The first kappa shape index (κ1) is 13.1. The summed E-state index contributed by atoms with van der Waals surface area (Å²) in [4.78, 5) is 21.1. The molecule has 0 spiro atoms. The molecule has 22 heavy (non-hydrogen) atoms. The van der Waals surface area contributed by atoms with Crippen LogP contribution in [-0.4, -0.2) is 30.4 Å². The molecule has 0 fully saturated rings. The Balaban J connectivity index is 1.91. The van der Waals surface area contributed by atoms with Crippen molar-refractivity contribution < 1.29 is 4.42 Å². The Morgan fingerprint density at radius 1 is 1.36 bits per heavy atom. The van der Waals surface area contributed by atoms with Crippen molar-refractivity contribution in [3.05, 3.63) is 53.0 Å². The largest absolute Gasteiger partial charge is 0.467 e. The van der Waals surface area contributed by atoms with Crippen molar-refractivity contribution in [2.75, 3.05) is 6.26 Å². The summed E-state index contributed by atoms with van der Waals surface area (Å²) in [7, 11) is 0. The normalized spacial score (nSPS) is 11.5. The number of hydrogen-bond donors (Lipinski definition) is 0. The molecule has 0 unspecified atom stereocenters. The summed E-state index contributed by atoms with van der Waals surface area (Å²) < 4.78 is 8.47. The molecule has 0 aliphatic heterocycles. The third-order valence-electron chi connectivity index (χ3n) is 3.38. The van der Waals surface area contributed by atoms with E-state index in [0.29, 0.717) is 28.4 Å². The van der Waals surface area contributed by atoms with Gasteiger partial charge in [-0.15, -0.1) is 5.10 Å². The van der Waals surface area contributed by atoms with Gasteiger partial charge in [-0.1, -0.05) is 11.8 Å². The predicted molar refractivity (Wildman–Crippen MR) is 82.1 cm³/mol. The minimum absolute atomic E-state index is 0.135. The Hall–Kier alpha value is -2.61. The van der Waals surface area contributed by atoms with E-state index in [-0.39, 0.29) is 5.56 Å². The molecule has 0 bridgehead atoms. The highest BCUT2D eigenvalue weighted by atomic mass is 32.2. The van der Waals surface area contributed by atoms with Crippen LogP contribution in [0.25, 0.3) is 16.7 Å². The van der Waals surface area contributed by atoms with Gasteiger partial charge in [0.25, 0.3) is 11.3 Å². The second kappa shape index (κ2) is 4.99. The van der Waals surface area contributed by atoms with Crippen molar-refractivity contribution >= 4 is 28.4 Å². The molecule has 0 N–H and O–H groups in total. The Kier molecular flexibility index (Phi) is 2.97. The molecule has 0 aromatic carbocycles. The van der Waals surface area contributed by atoms with Gasteiger partial charge in [0.05, 0.1) is 23.7 Å². The average Bonchev–Trinajstić information content (AvgIpc) is 3.18. The lowest BCUT2D eigenvalue weighted by atomic mass is 10.3. The molecule has 0 saturated heterocycles. The van der Waals surface area contributed by atoms with E-state index in [9.17, 15) is 4.79 Å². The van der Waals surface area contributed by atoms with Gasteiger partial charge in [0.2, 0.25) is 5.16 Å². The second-order valence-corrected chi connectivity index (χ2v) is 5.47. The quantitative estimate of drug-likeness (QED) is 0.537. The van der Waals surface area contributed by atoms with Crippen LogP contribution in [0.15, 0.2) is 51.2 Å². The van der Waals surface area contributed by atoms with Crippen molar-refractivity contribution in [1.82, 2.24) is 24.1 Å². The second-order valence-electron chi connectivity index (χ2n) is 4.70. The van der Waals surface area contributed by atoms with Gasteiger partial charge >= 0.3 is 0 Å². The summed E-state index contributed by atoms with van der Waals surface area (Å²) in [6.07, 6.45) is 6.76. The van der Waals surface area contributed by atoms with Crippen LogP contribution in [0, 0.1) is 0 Å². The molecule has 4 rings (SSSR count). The number of hydrogen-bond acceptors (Lipinski definition) is 6. The number of aromatic nitrogens is 5. The maximum Gasteiger partial charge on any atom is 0.261 e. The molecule has 0 atom stereocenters. The van der Waals surface area contributed by atoms with E-state index >= 15 is 0 Å². The van der Waals surface area contributed by atoms with Crippen molar-refractivity contribution in [2.45, 2.75) is 11.7 Å². The van der Waals surface area contributed by atoms with Gasteiger partial charge in [0.1, 0.15) is 5.76 Å². The van der Waals surface area contributed by atoms with E-state index in [0.717, 1.165) is 5.76 Å². The highest BCUT2D eigenvalue weighted by Gasteiger charge is 2.11. The Morgan fingerprint density at radius 3 is 3.05 bits per heavy atom. The van der Waals surface area contributed by atoms with Gasteiger partial charge in [0.15, 0.2) is 0 Å². The van der Waals surface area contributed by atoms with Crippen LogP contribution in [0.3, 0.4) is 0 Å². The molecular formula is C14H11N5O2S. The Labute approximate surface area is 128 Å². The van der Waals surface area contributed by atoms with Crippen molar-refractivity contribution in [3.8, 4) is 0 Å². The van der Waals surface area contributed by atoms with Crippen LogP contribution in [-0.2, 0) is 6.54 Å². The maximum atomic E-state index is 12.6. The zero-order valence-electron chi connectivity index (χ0n) is 11.6. The molecular weight excluding hydrogens is 302 g/mol. The Morgan fingerprint density at radius 2 is 2.27 bits per heavy atom. The van der Waals surface area contributed by atoms with Crippen LogP contribution >= 0.6 is 11.8 Å². The van der Waals surface area contributed by atoms with E-state index < -0.39 is 0 Å². The fourth-order valence-electron chi connectivity index (χ4n) is 2.32. The van der Waals surface area contributed by atoms with Crippen molar-refractivity contribution in [2.24, 2.45) is 0 Å². The van der Waals surface area contributed by atoms with E-state index in [4.69, 9.17) is 4.42 Å². The first-order chi connectivity index (χ1) is 10.8. The molecule has 0 saturated carbocycles. The number of fused-ring (bicyclic) bond motifs is 3. The summed E-state index contributed by atoms with van der Waals surface area (Å²) in [6, 6.07) is 5.47. The Bertz CT molecular complexity index is 1020. The van der Waals surface area contributed by atoms with Crippen LogP contribution in [0.5, 0.6) is 0 Å². The number of rotatable bonds is 3. The molecule has 4 aromatic heterocycles. The lowest BCUT2D eigenvalue weighted by molar-refractivity contribution is 0.490. The zero-order valence-corrected chi connectivity index (χ0v) is 12.4. The van der Waals surface area contributed by atoms with Crippen LogP contribution < -0.4 is 5.56 Å². The summed E-state index contributed by atoms with van der Waals surface area (Å²) in [5, 5.41) is 5.47. The van der Waals surface area contributed by atoms with Crippen LogP contribution in [0.1, 0.15) is 5.76 Å². The van der Waals surface area contributed by atoms with Gasteiger partial charge < -0.3 is 8.98 Å². The van der Waals surface area contributed by atoms with E-state index in [2.05, 4.69) is 15.1 Å². The van der Waals surface area contributed by atoms with Gasteiger partial charge in [-0.25, -0.2) is 4.98 Å². The van der Waals surface area contributed by atoms with E-state index in [1.165, 1.54) is 11.8 Å². The predicted octanol–water partition coefficient (Wildman–Crippen LogP) is 1.80. The van der Waals surface area contributed by atoms with Gasteiger partial charge in [-0.05, 0) is 24.5 Å². The summed E-state index contributed by atoms with van der Waals surface area (Å²) in [5.74, 6) is 1.21. The van der Waals surface area contributed by atoms with Crippen LogP contribution in [0.2, 0.25) is 0 Å². The monoisotopic (exact) mass is 313 g/mol. The minimum atomic E-state index is -0.135. The summed E-state index contributed by atoms with van der Waals surface area (Å²) in [6.45, 7) is 0.382. The number of furan rings is 1. The first-order valence-electron chi connectivity index (χ1n) is 6.57. The molecule has 0 aliphatic rings. The third kappa shape index (κ3) is 2.00. The maximum absolute atomic E-state index is 12.6. The van der Waals surface area contributed by atoms with E-state index in [1.54, 1.807) is 33.8 Å². The zero-order chi connectivity index (χ0) is 15.1. The number of nitrogens with zero attached hydrogens (tertiary/aromatic N) is 5. The minimum Gasteiger partial charge on any atom is -0.467 e. The highest BCUT2D eigenvalue weighted by Crippen LogP contribution is 2.14. The third-order valence-corrected chi connectivity index (χ3v) is 3.91. The van der Waals surface area contributed by atoms with Gasteiger partial charge in [0, 0.05) is 12.4 Å². The smallest absolute Gasteiger partial charge is 0.261 e. The van der Waals surface area contributed by atoms with Gasteiger partial charge in [-0.3, -0.25) is 4.79 Å². The summed E-state index contributed by atoms with van der Waals surface area (Å²) in [5.41, 5.74) is 0.558. The molecule has 4 aromatic rings. The van der Waals surface area contributed by atoms with E-state index in [1.807, 2.05) is 18.4 Å². The van der Waals surface area contributed by atoms with Gasteiger partial charge in [-0.2, -0.15) is 9.50 Å². The molecule has 7 nitrogen and oxygen atoms in total. The average molecular weight is 313 g/mol. The molecule has 0 amide bonds. The molecule has 0 aliphatic carbocycles. The van der Waals surface area contributed by atoms with Crippen molar-refractivity contribution in [1.29, 1.82) is 0 Å². The molecule has 110 valence electrons. The van der Waals surface area contributed by atoms with Crippen molar-refractivity contribution in [3.63, 3.8) is 0 Å². The number of pyridine rings is 1. The molecule has 4 heterocycles. The molecule has 8 heteroatoms.